The highest BCUT2D eigenvalue weighted by atomic mass is 35.5. The van der Waals surface area contributed by atoms with E-state index in [1.807, 2.05) is 12.1 Å². The number of halogens is 1. The number of hydrogen-bond donors (Lipinski definition) is 1. The summed E-state index contributed by atoms with van der Waals surface area (Å²) in [5, 5.41) is 3.68. The second-order valence-corrected chi connectivity index (χ2v) is 6.50. The SMILES string of the molecule is CC(Oc1ccccc1Cl)C(=O)NC1(CN2CCC2)CC1. The van der Waals surface area contributed by atoms with Gasteiger partial charge in [0, 0.05) is 6.54 Å². The van der Waals surface area contributed by atoms with Gasteiger partial charge in [-0.1, -0.05) is 23.7 Å². The van der Waals surface area contributed by atoms with Crippen molar-refractivity contribution < 1.29 is 9.53 Å². The van der Waals surface area contributed by atoms with Gasteiger partial charge in [-0.3, -0.25) is 4.79 Å². The minimum atomic E-state index is -0.543. The van der Waals surface area contributed by atoms with Gasteiger partial charge in [0.1, 0.15) is 5.75 Å². The van der Waals surface area contributed by atoms with Gasteiger partial charge in [-0.05, 0) is 51.4 Å². The predicted molar refractivity (Wildman–Crippen MR) is 82.7 cm³/mol. The van der Waals surface area contributed by atoms with Crippen molar-refractivity contribution in [3.05, 3.63) is 29.3 Å². The van der Waals surface area contributed by atoms with Crippen LogP contribution in [0, 0.1) is 0 Å². The summed E-state index contributed by atoms with van der Waals surface area (Å²) in [7, 11) is 0. The molecule has 0 aromatic heterocycles. The third kappa shape index (κ3) is 3.50. The highest BCUT2D eigenvalue weighted by Crippen LogP contribution is 2.37. The number of rotatable bonds is 6. The predicted octanol–water partition coefficient (Wildman–Crippen LogP) is 2.46. The molecule has 1 saturated heterocycles. The number of likely N-dealkylation sites (tertiary alicyclic amines) is 1. The first-order chi connectivity index (χ1) is 10.1. The maximum Gasteiger partial charge on any atom is 0.261 e. The lowest BCUT2D eigenvalue weighted by Crippen LogP contribution is -2.52. The first-order valence-electron chi connectivity index (χ1n) is 7.54. The summed E-state index contributed by atoms with van der Waals surface area (Å²) in [4.78, 5) is 14.7. The third-order valence-corrected chi connectivity index (χ3v) is 4.54. The molecule has 0 bridgehead atoms. The molecule has 114 valence electrons. The Hall–Kier alpha value is -1.26. The summed E-state index contributed by atoms with van der Waals surface area (Å²) in [6, 6.07) is 7.22. The Morgan fingerprint density at radius 3 is 2.71 bits per heavy atom. The van der Waals surface area contributed by atoms with E-state index >= 15 is 0 Å². The van der Waals surface area contributed by atoms with Gasteiger partial charge in [-0.15, -0.1) is 0 Å². The van der Waals surface area contributed by atoms with Crippen molar-refractivity contribution in [1.82, 2.24) is 10.2 Å². The van der Waals surface area contributed by atoms with Crippen LogP contribution >= 0.6 is 11.6 Å². The van der Waals surface area contributed by atoms with Crippen LogP contribution in [0.25, 0.3) is 0 Å². The van der Waals surface area contributed by atoms with E-state index in [4.69, 9.17) is 16.3 Å². The molecule has 2 fully saturated rings. The molecule has 1 heterocycles. The first-order valence-corrected chi connectivity index (χ1v) is 7.91. The van der Waals surface area contributed by atoms with E-state index in [0.717, 1.165) is 32.5 Å². The van der Waals surface area contributed by atoms with Gasteiger partial charge in [-0.2, -0.15) is 0 Å². The van der Waals surface area contributed by atoms with Crippen LogP contribution in [0.5, 0.6) is 5.75 Å². The number of ether oxygens (including phenoxy) is 1. The average molecular weight is 309 g/mol. The molecule has 2 aliphatic rings. The van der Waals surface area contributed by atoms with E-state index in [1.165, 1.54) is 6.42 Å². The van der Waals surface area contributed by atoms with E-state index in [0.29, 0.717) is 10.8 Å². The van der Waals surface area contributed by atoms with Gasteiger partial charge in [0.15, 0.2) is 6.10 Å². The minimum Gasteiger partial charge on any atom is -0.479 e. The molecule has 3 rings (SSSR count). The number of hydrogen-bond acceptors (Lipinski definition) is 3. The molecule has 4 nitrogen and oxygen atoms in total. The Kier molecular flexibility index (Phi) is 4.09. The number of carbonyl (C=O) groups excluding carboxylic acids is 1. The lowest BCUT2D eigenvalue weighted by atomic mass is 10.1. The number of nitrogens with zero attached hydrogens (tertiary/aromatic N) is 1. The van der Waals surface area contributed by atoms with Crippen LogP contribution in [0.2, 0.25) is 5.02 Å². The number of carbonyl (C=O) groups is 1. The van der Waals surface area contributed by atoms with E-state index in [9.17, 15) is 4.79 Å². The highest BCUT2D eigenvalue weighted by Gasteiger charge is 2.46. The Balaban J connectivity index is 1.54. The molecule has 1 atom stereocenters. The maximum atomic E-state index is 12.3. The third-order valence-electron chi connectivity index (χ3n) is 4.23. The molecule has 1 unspecified atom stereocenters. The zero-order chi connectivity index (χ0) is 14.9. The number of nitrogens with one attached hydrogen (secondary N) is 1. The van der Waals surface area contributed by atoms with Crippen LogP contribution in [0.3, 0.4) is 0 Å². The van der Waals surface area contributed by atoms with Crippen molar-refractivity contribution in [2.45, 2.75) is 37.8 Å². The molecule has 0 spiro atoms. The van der Waals surface area contributed by atoms with E-state index < -0.39 is 6.10 Å². The summed E-state index contributed by atoms with van der Waals surface area (Å²) in [5.74, 6) is 0.488. The van der Waals surface area contributed by atoms with Crippen LogP contribution in [0.15, 0.2) is 24.3 Å². The lowest BCUT2D eigenvalue weighted by Gasteiger charge is -2.35. The fraction of sp³-hybridized carbons (Fsp3) is 0.562. The zero-order valence-electron chi connectivity index (χ0n) is 12.3. The van der Waals surface area contributed by atoms with Crippen molar-refractivity contribution in [3.63, 3.8) is 0 Å². The standard InChI is InChI=1S/C16H21ClN2O2/c1-12(21-14-6-3-2-5-13(14)17)15(20)18-16(7-8-16)11-19-9-4-10-19/h2-3,5-6,12H,4,7-11H2,1H3,(H,18,20). The maximum absolute atomic E-state index is 12.3. The second-order valence-electron chi connectivity index (χ2n) is 6.09. The molecule has 1 aromatic carbocycles. The van der Waals surface area contributed by atoms with Crippen molar-refractivity contribution in [1.29, 1.82) is 0 Å². The van der Waals surface area contributed by atoms with Gasteiger partial charge >= 0.3 is 0 Å². The van der Waals surface area contributed by atoms with Crippen molar-refractivity contribution in [2.75, 3.05) is 19.6 Å². The number of para-hydroxylation sites is 1. The topological polar surface area (TPSA) is 41.6 Å². The Labute approximate surface area is 130 Å². The Morgan fingerprint density at radius 2 is 2.14 bits per heavy atom. The average Bonchev–Trinajstić information content (AvgIpc) is 3.17. The molecule has 21 heavy (non-hydrogen) atoms. The fourth-order valence-corrected chi connectivity index (χ4v) is 2.77. The quantitative estimate of drug-likeness (QED) is 0.878. The van der Waals surface area contributed by atoms with Crippen molar-refractivity contribution in [2.24, 2.45) is 0 Å². The lowest BCUT2D eigenvalue weighted by molar-refractivity contribution is -0.128. The number of benzene rings is 1. The summed E-state index contributed by atoms with van der Waals surface area (Å²) in [6.07, 6.45) is 2.86. The highest BCUT2D eigenvalue weighted by molar-refractivity contribution is 6.32. The van der Waals surface area contributed by atoms with Crippen molar-refractivity contribution >= 4 is 17.5 Å². The van der Waals surface area contributed by atoms with Crippen LogP contribution < -0.4 is 10.1 Å². The van der Waals surface area contributed by atoms with Crippen molar-refractivity contribution in [3.8, 4) is 5.75 Å². The molecule has 1 aliphatic carbocycles. The van der Waals surface area contributed by atoms with Gasteiger partial charge < -0.3 is 15.0 Å². The molecule has 1 amide bonds. The molecular formula is C16H21ClN2O2. The summed E-state index contributed by atoms with van der Waals surface area (Å²) >= 11 is 6.05. The van der Waals surface area contributed by atoms with Gasteiger partial charge in [0.2, 0.25) is 0 Å². The normalized spacial score (nSPS) is 21.2. The van der Waals surface area contributed by atoms with Gasteiger partial charge in [-0.25, -0.2) is 0 Å². The Bertz CT molecular complexity index is 527. The van der Waals surface area contributed by atoms with Crippen LogP contribution in [-0.4, -0.2) is 42.1 Å². The summed E-state index contributed by atoms with van der Waals surface area (Å²) in [6.45, 7) is 5.04. The smallest absolute Gasteiger partial charge is 0.261 e. The molecule has 1 saturated carbocycles. The molecule has 5 heteroatoms. The van der Waals surface area contributed by atoms with E-state index in [-0.39, 0.29) is 11.4 Å². The van der Waals surface area contributed by atoms with Crippen LogP contribution in [0.4, 0.5) is 0 Å². The summed E-state index contributed by atoms with van der Waals surface area (Å²) < 4.78 is 5.67. The van der Waals surface area contributed by atoms with Crippen LogP contribution in [-0.2, 0) is 4.79 Å². The Morgan fingerprint density at radius 1 is 1.43 bits per heavy atom. The summed E-state index contributed by atoms with van der Waals surface area (Å²) in [5.41, 5.74) is -0.0182. The zero-order valence-corrected chi connectivity index (χ0v) is 13.0. The number of amides is 1. The van der Waals surface area contributed by atoms with E-state index in [2.05, 4.69) is 10.2 Å². The first kappa shape index (κ1) is 14.7. The molecule has 0 radical (unpaired) electrons. The molecular weight excluding hydrogens is 288 g/mol. The van der Waals surface area contributed by atoms with Gasteiger partial charge in [0.25, 0.3) is 5.91 Å². The second kappa shape index (κ2) is 5.85. The van der Waals surface area contributed by atoms with E-state index in [1.54, 1.807) is 19.1 Å². The minimum absolute atomic E-state index is 0.0182. The molecule has 1 aliphatic heterocycles. The molecule has 1 N–H and O–H groups in total. The molecule has 1 aromatic rings. The monoisotopic (exact) mass is 308 g/mol. The van der Waals surface area contributed by atoms with Crippen LogP contribution in [0.1, 0.15) is 26.2 Å². The van der Waals surface area contributed by atoms with Gasteiger partial charge in [0.05, 0.1) is 10.6 Å². The largest absolute Gasteiger partial charge is 0.479 e. The fourth-order valence-electron chi connectivity index (χ4n) is 2.59.